The van der Waals surface area contributed by atoms with E-state index in [2.05, 4.69) is 10.2 Å². The summed E-state index contributed by atoms with van der Waals surface area (Å²) >= 11 is 0. The smallest absolute Gasteiger partial charge is 0.337 e. The van der Waals surface area contributed by atoms with Gasteiger partial charge in [-0.2, -0.15) is 10.2 Å². The zero-order valence-corrected chi connectivity index (χ0v) is 11.9. The SMILES string of the molecule is CC1(C)CC(=O)C(N=Nc2ccccc2C(=O)O)C(=O)C1. The summed E-state index contributed by atoms with van der Waals surface area (Å²) < 4.78 is 0. The Bertz CT molecular complexity index is 614. The maximum absolute atomic E-state index is 12.0. The van der Waals surface area contributed by atoms with Crippen molar-refractivity contribution in [1.82, 2.24) is 0 Å². The highest BCUT2D eigenvalue weighted by Crippen LogP contribution is 2.33. The number of rotatable bonds is 3. The molecule has 21 heavy (non-hydrogen) atoms. The van der Waals surface area contributed by atoms with E-state index in [4.69, 9.17) is 5.11 Å². The number of ketones is 2. The van der Waals surface area contributed by atoms with Crippen LogP contribution in [0.1, 0.15) is 37.0 Å². The zero-order chi connectivity index (χ0) is 15.6. The van der Waals surface area contributed by atoms with E-state index in [0.717, 1.165) is 0 Å². The van der Waals surface area contributed by atoms with Crippen LogP contribution in [-0.4, -0.2) is 28.7 Å². The molecule has 0 aliphatic heterocycles. The fourth-order valence-corrected chi connectivity index (χ4v) is 2.37. The van der Waals surface area contributed by atoms with Crippen LogP contribution in [0.25, 0.3) is 0 Å². The highest BCUT2D eigenvalue weighted by Gasteiger charge is 2.39. The molecule has 1 aliphatic rings. The fraction of sp³-hybridized carbons (Fsp3) is 0.400. The average Bonchev–Trinajstić information content (AvgIpc) is 2.36. The second-order valence-corrected chi connectivity index (χ2v) is 5.89. The van der Waals surface area contributed by atoms with Crippen molar-refractivity contribution < 1.29 is 19.5 Å². The van der Waals surface area contributed by atoms with Gasteiger partial charge in [-0.1, -0.05) is 26.0 Å². The number of carbonyl (C=O) groups excluding carboxylic acids is 2. The highest BCUT2D eigenvalue weighted by molar-refractivity contribution is 6.09. The number of hydrogen-bond acceptors (Lipinski definition) is 5. The summed E-state index contributed by atoms with van der Waals surface area (Å²) in [6, 6.07) is 4.95. The van der Waals surface area contributed by atoms with Gasteiger partial charge < -0.3 is 5.11 Å². The number of aromatic carboxylic acids is 1. The molecule has 0 saturated heterocycles. The van der Waals surface area contributed by atoms with Crippen LogP contribution in [0.15, 0.2) is 34.5 Å². The third-order valence-electron chi connectivity index (χ3n) is 3.33. The summed E-state index contributed by atoms with van der Waals surface area (Å²) in [5.41, 5.74) is -0.230. The summed E-state index contributed by atoms with van der Waals surface area (Å²) in [5, 5.41) is 16.6. The predicted octanol–water partition coefficient (Wildman–Crippen LogP) is 2.80. The van der Waals surface area contributed by atoms with Gasteiger partial charge in [0.15, 0.2) is 17.6 Å². The van der Waals surface area contributed by atoms with Gasteiger partial charge in [0.1, 0.15) is 0 Å². The molecule has 1 N–H and O–H groups in total. The Balaban J connectivity index is 2.24. The minimum atomic E-state index is -1.13. The number of nitrogens with zero attached hydrogens (tertiary/aromatic N) is 2. The number of azo groups is 1. The maximum atomic E-state index is 12.0. The Labute approximate surface area is 121 Å². The van der Waals surface area contributed by atoms with E-state index in [9.17, 15) is 14.4 Å². The zero-order valence-electron chi connectivity index (χ0n) is 11.9. The molecule has 2 rings (SSSR count). The van der Waals surface area contributed by atoms with Gasteiger partial charge in [0.05, 0.1) is 11.3 Å². The Morgan fingerprint density at radius 3 is 2.33 bits per heavy atom. The lowest BCUT2D eigenvalue weighted by atomic mass is 9.74. The van der Waals surface area contributed by atoms with E-state index < -0.39 is 12.0 Å². The molecule has 1 aromatic carbocycles. The lowest BCUT2D eigenvalue weighted by Crippen LogP contribution is -2.40. The van der Waals surface area contributed by atoms with Gasteiger partial charge in [0, 0.05) is 12.8 Å². The van der Waals surface area contributed by atoms with E-state index in [0.29, 0.717) is 0 Å². The molecular formula is C15H16N2O4. The summed E-state index contributed by atoms with van der Waals surface area (Å²) in [6.07, 6.45) is 0.534. The predicted molar refractivity (Wildman–Crippen MR) is 74.7 cm³/mol. The molecule has 1 aliphatic carbocycles. The van der Waals surface area contributed by atoms with Crippen LogP contribution in [0.2, 0.25) is 0 Å². The van der Waals surface area contributed by atoms with Crippen molar-refractivity contribution in [2.24, 2.45) is 15.6 Å². The fourth-order valence-electron chi connectivity index (χ4n) is 2.37. The standard InChI is InChI=1S/C15H16N2O4/c1-15(2)7-11(18)13(12(19)8-15)17-16-10-6-4-3-5-9(10)14(20)21/h3-6,13H,7-8H2,1-2H3,(H,20,21). The molecule has 6 nitrogen and oxygen atoms in total. The molecule has 110 valence electrons. The van der Waals surface area contributed by atoms with E-state index in [1.54, 1.807) is 12.1 Å². The number of carboxylic acid groups (broad SMARTS) is 1. The van der Waals surface area contributed by atoms with Crippen molar-refractivity contribution >= 4 is 23.2 Å². The third kappa shape index (κ3) is 3.39. The van der Waals surface area contributed by atoms with Crippen molar-refractivity contribution in [3.05, 3.63) is 29.8 Å². The lowest BCUT2D eigenvalue weighted by Gasteiger charge is -2.29. The van der Waals surface area contributed by atoms with Crippen molar-refractivity contribution in [2.45, 2.75) is 32.7 Å². The molecule has 6 heteroatoms. The number of carboxylic acids is 1. The molecule has 1 fully saturated rings. The van der Waals surface area contributed by atoms with Crippen LogP contribution in [0.3, 0.4) is 0 Å². The number of Topliss-reactive ketones (excluding diaryl/α,β-unsaturated/α-hetero) is 2. The van der Waals surface area contributed by atoms with Crippen LogP contribution >= 0.6 is 0 Å². The number of carbonyl (C=O) groups is 3. The minimum absolute atomic E-state index is 0.0164. The van der Waals surface area contributed by atoms with Gasteiger partial charge in [-0.05, 0) is 17.5 Å². The lowest BCUT2D eigenvalue weighted by molar-refractivity contribution is -0.135. The Morgan fingerprint density at radius 2 is 1.76 bits per heavy atom. The Hall–Kier alpha value is -2.37. The van der Waals surface area contributed by atoms with Crippen LogP contribution in [0.5, 0.6) is 0 Å². The largest absolute Gasteiger partial charge is 0.478 e. The average molecular weight is 288 g/mol. The Kier molecular flexibility index (Phi) is 3.97. The minimum Gasteiger partial charge on any atom is -0.478 e. The second-order valence-electron chi connectivity index (χ2n) is 5.89. The highest BCUT2D eigenvalue weighted by atomic mass is 16.4. The van der Waals surface area contributed by atoms with Gasteiger partial charge in [0.2, 0.25) is 0 Å². The first-order valence-corrected chi connectivity index (χ1v) is 6.59. The molecule has 0 aromatic heterocycles. The molecule has 0 spiro atoms. The molecule has 0 unspecified atom stereocenters. The first-order chi connectivity index (χ1) is 9.80. The van der Waals surface area contributed by atoms with Gasteiger partial charge >= 0.3 is 5.97 Å². The summed E-state index contributed by atoms with van der Waals surface area (Å²) in [6.45, 7) is 3.71. The van der Waals surface area contributed by atoms with Crippen LogP contribution in [-0.2, 0) is 9.59 Å². The van der Waals surface area contributed by atoms with Crippen molar-refractivity contribution in [2.75, 3.05) is 0 Å². The molecule has 0 bridgehead atoms. The number of hydrogen-bond donors (Lipinski definition) is 1. The maximum Gasteiger partial charge on any atom is 0.337 e. The van der Waals surface area contributed by atoms with E-state index in [-0.39, 0.29) is 41.1 Å². The summed E-state index contributed by atoms with van der Waals surface area (Å²) in [4.78, 5) is 35.0. The van der Waals surface area contributed by atoms with Crippen LogP contribution in [0.4, 0.5) is 5.69 Å². The van der Waals surface area contributed by atoms with E-state index >= 15 is 0 Å². The van der Waals surface area contributed by atoms with E-state index in [1.807, 2.05) is 13.8 Å². The summed E-state index contributed by atoms with van der Waals surface area (Å²) in [7, 11) is 0. The van der Waals surface area contributed by atoms with Crippen molar-refractivity contribution in [3.63, 3.8) is 0 Å². The first kappa shape index (κ1) is 15.0. The van der Waals surface area contributed by atoms with Gasteiger partial charge in [-0.25, -0.2) is 4.79 Å². The van der Waals surface area contributed by atoms with Gasteiger partial charge in [0.25, 0.3) is 0 Å². The Morgan fingerprint density at radius 1 is 1.19 bits per heavy atom. The third-order valence-corrected chi connectivity index (χ3v) is 3.33. The monoisotopic (exact) mass is 288 g/mol. The van der Waals surface area contributed by atoms with E-state index in [1.165, 1.54) is 12.1 Å². The molecule has 0 atom stereocenters. The summed E-state index contributed by atoms with van der Waals surface area (Å²) in [5.74, 6) is -1.67. The molecule has 0 radical (unpaired) electrons. The molecule has 0 amide bonds. The molecule has 1 saturated carbocycles. The second kappa shape index (κ2) is 5.55. The number of benzene rings is 1. The van der Waals surface area contributed by atoms with Gasteiger partial charge in [-0.15, -0.1) is 0 Å². The molecular weight excluding hydrogens is 272 g/mol. The quantitative estimate of drug-likeness (QED) is 0.683. The normalized spacial score (nSPS) is 19.1. The van der Waals surface area contributed by atoms with Crippen molar-refractivity contribution in [1.29, 1.82) is 0 Å². The van der Waals surface area contributed by atoms with Crippen LogP contribution in [0, 0.1) is 5.41 Å². The molecule has 0 heterocycles. The topological polar surface area (TPSA) is 96.2 Å². The van der Waals surface area contributed by atoms with Crippen molar-refractivity contribution in [3.8, 4) is 0 Å². The first-order valence-electron chi connectivity index (χ1n) is 6.59. The van der Waals surface area contributed by atoms with Gasteiger partial charge in [-0.3, -0.25) is 9.59 Å². The van der Waals surface area contributed by atoms with Crippen LogP contribution < -0.4 is 0 Å². The molecule has 1 aromatic rings.